The Hall–Kier alpha value is -2.40. The maximum atomic E-state index is 13.4. The highest BCUT2D eigenvalue weighted by atomic mass is 19.1. The zero-order valence-electron chi connectivity index (χ0n) is 18.2. The van der Waals surface area contributed by atoms with E-state index < -0.39 is 5.82 Å². The number of piperidine rings is 1. The number of aromatic amines is 1. The first-order valence-electron chi connectivity index (χ1n) is 11.7. The monoisotopic (exact) mass is 424 g/mol. The second kappa shape index (κ2) is 10.8. The maximum absolute atomic E-state index is 13.4. The number of nitrogens with one attached hydrogen (secondary N) is 1. The van der Waals surface area contributed by atoms with Gasteiger partial charge in [-0.1, -0.05) is 49.6 Å². The van der Waals surface area contributed by atoms with Gasteiger partial charge in [0.2, 0.25) is 0 Å². The van der Waals surface area contributed by atoms with Gasteiger partial charge >= 0.3 is 0 Å². The van der Waals surface area contributed by atoms with Gasteiger partial charge in [0.25, 0.3) is 5.56 Å². The topological polar surface area (TPSA) is 45.3 Å². The number of pyridine rings is 1. The Bertz CT molecular complexity index is 925. The first-order valence-corrected chi connectivity index (χ1v) is 11.7. The van der Waals surface area contributed by atoms with Gasteiger partial charge in [-0.15, -0.1) is 0 Å². The number of rotatable bonds is 7. The van der Waals surface area contributed by atoms with Gasteiger partial charge < -0.3 is 9.72 Å². The third-order valence-corrected chi connectivity index (χ3v) is 6.64. The standard InChI is InChI=1S/C26H33FN2O2/c27-24-16-23(26(30)28-17-24)18-29-14-12-20(13-15-29)10-11-22-8-4-5-9-25(22)31-19-21-6-2-1-3-7-21/h4-5,8-11,16-17,20-21H,1-3,6-7,12-15,18-19H2,(H,28,30). The number of likely N-dealkylation sites (tertiary alicyclic amines) is 1. The van der Waals surface area contributed by atoms with Crippen LogP contribution < -0.4 is 10.3 Å². The van der Waals surface area contributed by atoms with Gasteiger partial charge in [0.05, 0.1) is 6.61 Å². The lowest BCUT2D eigenvalue weighted by Gasteiger charge is -2.30. The van der Waals surface area contributed by atoms with Crippen molar-refractivity contribution in [1.82, 2.24) is 9.88 Å². The van der Waals surface area contributed by atoms with Crippen LogP contribution in [0.4, 0.5) is 4.39 Å². The molecule has 1 saturated carbocycles. The molecule has 0 bridgehead atoms. The van der Waals surface area contributed by atoms with E-state index >= 15 is 0 Å². The van der Waals surface area contributed by atoms with Gasteiger partial charge in [-0.3, -0.25) is 9.69 Å². The Balaban J connectivity index is 1.29. The first-order chi connectivity index (χ1) is 15.2. The fraction of sp³-hybridized carbons (Fsp3) is 0.500. The van der Waals surface area contributed by atoms with E-state index in [1.807, 2.05) is 6.07 Å². The summed E-state index contributed by atoms with van der Waals surface area (Å²) in [5.74, 6) is 1.79. The average molecular weight is 425 g/mol. The minimum Gasteiger partial charge on any atom is -0.493 e. The van der Waals surface area contributed by atoms with Crippen LogP contribution in [-0.2, 0) is 6.54 Å². The highest BCUT2D eigenvalue weighted by Crippen LogP contribution is 2.27. The second-order valence-corrected chi connectivity index (χ2v) is 9.00. The molecule has 1 N–H and O–H groups in total. The summed E-state index contributed by atoms with van der Waals surface area (Å²) in [6, 6.07) is 9.64. The Labute approximate surface area is 184 Å². The lowest BCUT2D eigenvalue weighted by molar-refractivity contribution is 0.195. The van der Waals surface area contributed by atoms with Crippen molar-refractivity contribution in [3.8, 4) is 5.75 Å². The van der Waals surface area contributed by atoms with Gasteiger partial charge in [-0.25, -0.2) is 4.39 Å². The van der Waals surface area contributed by atoms with Crippen LogP contribution in [-0.4, -0.2) is 29.6 Å². The van der Waals surface area contributed by atoms with Crippen LogP contribution >= 0.6 is 0 Å². The van der Waals surface area contributed by atoms with Crippen molar-refractivity contribution >= 4 is 6.08 Å². The molecule has 0 amide bonds. The number of hydrogen-bond acceptors (Lipinski definition) is 3. The molecule has 166 valence electrons. The molecule has 0 spiro atoms. The summed E-state index contributed by atoms with van der Waals surface area (Å²) in [4.78, 5) is 16.6. The van der Waals surface area contributed by atoms with E-state index in [0.717, 1.165) is 50.0 Å². The fourth-order valence-corrected chi connectivity index (χ4v) is 4.71. The Morgan fingerprint density at radius 2 is 1.87 bits per heavy atom. The summed E-state index contributed by atoms with van der Waals surface area (Å²) < 4.78 is 19.6. The molecule has 1 aliphatic carbocycles. The van der Waals surface area contributed by atoms with Crippen LogP contribution in [0.15, 0.2) is 47.4 Å². The summed E-state index contributed by atoms with van der Waals surface area (Å²) in [6.07, 6.45) is 14.3. The summed E-state index contributed by atoms with van der Waals surface area (Å²) in [5, 5.41) is 0. The third kappa shape index (κ3) is 6.30. The number of hydrogen-bond donors (Lipinski definition) is 1. The van der Waals surface area contributed by atoms with E-state index in [9.17, 15) is 9.18 Å². The number of allylic oxidation sites excluding steroid dienone is 1. The molecule has 5 heteroatoms. The molecule has 2 fully saturated rings. The molecule has 2 heterocycles. The van der Waals surface area contributed by atoms with E-state index in [0.29, 0.717) is 23.9 Å². The van der Waals surface area contributed by atoms with Crippen molar-refractivity contribution in [1.29, 1.82) is 0 Å². The minimum atomic E-state index is -0.392. The molecule has 4 nitrogen and oxygen atoms in total. The molecule has 1 saturated heterocycles. The molecule has 4 rings (SSSR count). The Morgan fingerprint density at radius 3 is 2.68 bits per heavy atom. The quantitative estimate of drug-likeness (QED) is 0.647. The number of benzene rings is 1. The van der Waals surface area contributed by atoms with Crippen molar-refractivity contribution in [3.63, 3.8) is 0 Å². The largest absolute Gasteiger partial charge is 0.493 e. The zero-order chi connectivity index (χ0) is 21.5. The lowest BCUT2D eigenvalue weighted by Crippen LogP contribution is -2.34. The van der Waals surface area contributed by atoms with Crippen LogP contribution in [0, 0.1) is 17.7 Å². The van der Waals surface area contributed by atoms with Crippen molar-refractivity contribution in [2.75, 3.05) is 19.7 Å². The predicted molar refractivity (Wildman–Crippen MR) is 123 cm³/mol. The van der Waals surface area contributed by atoms with E-state index in [4.69, 9.17) is 4.74 Å². The molecule has 2 aliphatic rings. The van der Waals surface area contributed by atoms with Crippen LogP contribution in [0.1, 0.15) is 56.1 Å². The van der Waals surface area contributed by atoms with Crippen molar-refractivity contribution in [2.24, 2.45) is 11.8 Å². The number of ether oxygens (including phenoxy) is 1. The van der Waals surface area contributed by atoms with Gasteiger partial charge in [0.1, 0.15) is 11.6 Å². The summed E-state index contributed by atoms with van der Waals surface area (Å²) >= 11 is 0. The van der Waals surface area contributed by atoms with Crippen LogP contribution in [0.5, 0.6) is 5.75 Å². The zero-order valence-corrected chi connectivity index (χ0v) is 18.2. The van der Waals surface area contributed by atoms with E-state index in [1.165, 1.54) is 38.2 Å². The lowest BCUT2D eigenvalue weighted by atomic mass is 9.90. The third-order valence-electron chi connectivity index (χ3n) is 6.64. The number of halogens is 1. The van der Waals surface area contributed by atoms with Crippen LogP contribution in [0.3, 0.4) is 0 Å². The van der Waals surface area contributed by atoms with Gasteiger partial charge in [-0.2, -0.15) is 0 Å². The molecule has 31 heavy (non-hydrogen) atoms. The first kappa shape index (κ1) is 21.8. The highest BCUT2D eigenvalue weighted by molar-refractivity contribution is 5.57. The minimum absolute atomic E-state index is 0.201. The number of nitrogens with zero attached hydrogens (tertiary/aromatic N) is 1. The van der Waals surface area contributed by atoms with Gasteiger partial charge in [0.15, 0.2) is 0 Å². The number of H-pyrrole nitrogens is 1. The van der Waals surface area contributed by atoms with E-state index in [1.54, 1.807) is 0 Å². The van der Waals surface area contributed by atoms with Crippen molar-refractivity contribution in [2.45, 2.75) is 51.5 Å². The van der Waals surface area contributed by atoms with Crippen molar-refractivity contribution < 1.29 is 9.13 Å². The SMILES string of the molecule is O=c1[nH]cc(F)cc1CN1CCC(C=Cc2ccccc2OCC2CCCCC2)CC1. The summed E-state index contributed by atoms with van der Waals surface area (Å²) in [7, 11) is 0. The molecule has 1 aliphatic heterocycles. The van der Waals surface area contributed by atoms with Crippen LogP contribution in [0.2, 0.25) is 0 Å². The molecule has 1 aromatic carbocycles. The smallest absolute Gasteiger partial charge is 0.252 e. The summed E-state index contributed by atoms with van der Waals surface area (Å²) in [5.41, 5.74) is 1.44. The predicted octanol–water partition coefficient (Wildman–Crippen LogP) is 5.40. The molecular formula is C26H33FN2O2. The van der Waals surface area contributed by atoms with Crippen LogP contribution in [0.25, 0.3) is 6.08 Å². The average Bonchev–Trinajstić information content (AvgIpc) is 2.81. The van der Waals surface area contributed by atoms with E-state index in [2.05, 4.69) is 40.2 Å². The molecule has 1 aromatic heterocycles. The Morgan fingerprint density at radius 1 is 1.10 bits per heavy atom. The number of aromatic nitrogens is 1. The highest BCUT2D eigenvalue weighted by Gasteiger charge is 2.19. The van der Waals surface area contributed by atoms with Gasteiger partial charge in [0, 0.05) is 23.9 Å². The molecule has 0 atom stereocenters. The number of para-hydroxylation sites is 1. The normalized spacial score (nSPS) is 19.1. The maximum Gasteiger partial charge on any atom is 0.252 e. The molecule has 2 aromatic rings. The molecule has 0 radical (unpaired) electrons. The second-order valence-electron chi connectivity index (χ2n) is 9.00. The molecule has 0 unspecified atom stereocenters. The van der Waals surface area contributed by atoms with E-state index in [-0.39, 0.29) is 5.56 Å². The fourth-order valence-electron chi connectivity index (χ4n) is 4.71. The molecular weight excluding hydrogens is 391 g/mol. The summed E-state index contributed by atoms with van der Waals surface area (Å²) in [6.45, 7) is 3.14. The van der Waals surface area contributed by atoms with Crippen molar-refractivity contribution in [3.05, 3.63) is 69.9 Å². The van der Waals surface area contributed by atoms with Gasteiger partial charge in [-0.05, 0) is 62.7 Å². The Kier molecular flexibility index (Phi) is 7.57.